The van der Waals surface area contributed by atoms with Crippen molar-refractivity contribution in [1.29, 1.82) is 0 Å². The highest BCUT2D eigenvalue weighted by Crippen LogP contribution is 2.21. The minimum atomic E-state index is -0.951. The zero-order valence-corrected chi connectivity index (χ0v) is 17.1. The molecular formula is C15H16Br2N4O6. The maximum atomic E-state index is 12.0. The Morgan fingerprint density at radius 3 is 1.89 bits per heavy atom. The number of amides is 5. The van der Waals surface area contributed by atoms with Gasteiger partial charge in [0.05, 0.1) is 28.2 Å². The Kier molecular flexibility index (Phi) is 7.41. The Morgan fingerprint density at radius 1 is 1.04 bits per heavy atom. The summed E-state index contributed by atoms with van der Waals surface area (Å²) in [6.45, 7) is -0.348. The molecule has 0 radical (unpaired) electrons. The molecule has 0 fully saturated rings. The van der Waals surface area contributed by atoms with Gasteiger partial charge in [0, 0.05) is 25.2 Å². The Balaban J connectivity index is 2.05. The predicted octanol–water partition coefficient (Wildman–Crippen LogP) is -1.26. The average molecular weight is 508 g/mol. The van der Waals surface area contributed by atoms with Gasteiger partial charge in [0.2, 0.25) is 5.91 Å². The summed E-state index contributed by atoms with van der Waals surface area (Å²) in [5, 5.41) is 2.50. The minimum Gasteiger partial charge on any atom is -0.365 e. The third-order valence-corrected chi connectivity index (χ3v) is 4.76. The number of rotatable bonds is 9. The number of carbonyl (C=O) groups is 5. The Hall–Kier alpha value is -1.89. The van der Waals surface area contributed by atoms with Crippen molar-refractivity contribution in [2.75, 3.05) is 32.8 Å². The van der Waals surface area contributed by atoms with Gasteiger partial charge in [-0.05, 0) is 31.9 Å². The average Bonchev–Trinajstić information content (AvgIpc) is 3.00. The van der Waals surface area contributed by atoms with Gasteiger partial charge in [-0.1, -0.05) is 0 Å². The highest BCUT2D eigenvalue weighted by atomic mass is 79.9. The molecule has 0 unspecified atom stereocenters. The van der Waals surface area contributed by atoms with Gasteiger partial charge in [0.15, 0.2) is 0 Å². The summed E-state index contributed by atoms with van der Waals surface area (Å²) < 4.78 is 5.64. The summed E-state index contributed by atoms with van der Waals surface area (Å²) in [6.07, 6.45) is 1.27. The van der Waals surface area contributed by atoms with Crippen LogP contribution in [0, 0.1) is 0 Å². The second kappa shape index (κ2) is 9.35. The van der Waals surface area contributed by atoms with Crippen molar-refractivity contribution >= 4 is 61.4 Å². The molecule has 146 valence electrons. The van der Waals surface area contributed by atoms with Gasteiger partial charge in [0.1, 0.15) is 6.61 Å². The van der Waals surface area contributed by atoms with E-state index in [1.54, 1.807) is 0 Å². The van der Waals surface area contributed by atoms with Crippen molar-refractivity contribution in [3.8, 4) is 0 Å². The summed E-state index contributed by atoms with van der Waals surface area (Å²) in [7, 11) is 0. The van der Waals surface area contributed by atoms with Crippen LogP contribution in [0.1, 0.15) is 0 Å². The first-order chi connectivity index (χ1) is 12.7. The van der Waals surface area contributed by atoms with Crippen LogP contribution in [0.15, 0.2) is 21.1 Å². The number of nitrogens with two attached hydrogens (primary N) is 1. The molecule has 0 bridgehead atoms. The molecule has 0 aromatic rings. The van der Waals surface area contributed by atoms with Crippen LogP contribution in [0.2, 0.25) is 0 Å². The zero-order chi connectivity index (χ0) is 20.1. The molecule has 0 spiro atoms. The fourth-order valence-corrected chi connectivity index (χ4v) is 3.15. The molecule has 2 aliphatic heterocycles. The van der Waals surface area contributed by atoms with Gasteiger partial charge in [-0.25, -0.2) is 0 Å². The van der Waals surface area contributed by atoms with E-state index in [4.69, 9.17) is 10.5 Å². The quantitative estimate of drug-likeness (QED) is 0.371. The fraction of sp³-hybridized carbons (Fsp3) is 0.400. The van der Waals surface area contributed by atoms with Crippen LogP contribution in [-0.2, 0) is 28.7 Å². The normalized spacial score (nSPS) is 17.2. The van der Waals surface area contributed by atoms with Crippen molar-refractivity contribution in [1.82, 2.24) is 15.1 Å². The van der Waals surface area contributed by atoms with Gasteiger partial charge >= 0.3 is 0 Å². The van der Waals surface area contributed by atoms with E-state index in [2.05, 4.69) is 37.2 Å². The second-order valence-electron chi connectivity index (χ2n) is 5.56. The molecule has 0 atom stereocenters. The molecule has 2 aliphatic rings. The van der Waals surface area contributed by atoms with Crippen molar-refractivity contribution < 1.29 is 28.7 Å². The van der Waals surface area contributed by atoms with E-state index in [1.807, 2.05) is 0 Å². The molecule has 12 heteroatoms. The smallest absolute Gasteiger partial charge is 0.268 e. The molecule has 0 saturated heterocycles. The van der Waals surface area contributed by atoms with E-state index in [0.29, 0.717) is 0 Å². The molecule has 0 saturated carbocycles. The molecule has 3 N–H and O–H groups in total. The molecule has 5 amide bonds. The van der Waals surface area contributed by atoms with Gasteiger partial charge in [-0.2, -0.15) is 0 Å². The van der Waals surface area contributed by atoms with Crippen LogP contribution in [0.4, 0.5) is 0 Å². The third-order valence-electron chi connectivity index (χ3n) is 3.62. The third kappa shape index (κ3) is 5.31. The first kappa shape index (κ1) is 21.4. The van der Waals surface area contributed by atoms with Gasteiger partial charge < -0.3 is 15.8 Å². The predicted molar refractivity (Wildman–Crippen MR) is 99.3 cm³/mol. The van der Waals surface area contributed by atoms with E-state index in [0.717, 1.165) is 22.0 Å². The Bertz CT molecular complexity index is 701. The highest BCUT2D eigenvalue weighted by Gasteiger charge is 2.36. The zero-order valence-electron chi connectivity index (χ0n) is 13.9. The second-order valence-corrected chi connectivity index (χ2v) is 7.27. The molecule has 0 aromatic carbocycles. The number of hydrogen-bond acceptors (Lipinski definition) is 7. The van der Waals surface area contributed by atoms with Crippen molar-refractivity contribution in [2.45, 2.75) is 6.10 Å². The SMILES string of the molecule is NCCNC(=O)COC(CN1C(=O)C=C(Br)C1=O)CN1C(=O)C=C(Br)C1=O. The van der Waals surface area contributed by atoms with E-state index >= 15 is 0 Å². The molecule has 10 nitrogen and oxygen atoms in total. The number of imide groups is 2. The van der Waals surface area contributed by atoms with Gasteiger partial charge in [0.25, 0.3) is 23.6 Å². The van der Waals surface area contributed by atoms with E-state index in [9.17, 15) is 24.0 Å². The summed E-state index contributed by atoms with van der Waals surface area (Å²) in [5.74, 6) is -2.72. The van der Waals surface area contributed by atoms with E-state index in [-0.39, 0.29) is 41.8 Å². The lowest BCUT2D eigenvalue weighted by molar-refractivity contribution is -0.142. The number of nitrogens with one attached hydrogen (secondary N) is 1. The van der Waals surface area contributed by atoms with Crippen LogP contribution in [0.5, 0.6) is 0 Å². The van der Waals surface area contributed by atoms with E-state index < -0.39 is 35.6 Å². The molecule has 0 aliphatic carbocycles. The van der Waals surface area contributed by atoms with Crippen molar-refractivity contribution in [2.24, 2.45) is 5.73 Å². The van der Waals surface area contributed by atoms with Crippen LogP contribution in [0.3, 0.4) is 0 Å². The van der Waals surface area contributed by atoms with Crippen molar-refractivity contribution in [3.63, 3.8) is 0 Å². The number of nitrogens with zero attached hydrogens (tertiary/aromatic N) is 2. The Morgan fingerprint density at radius 2 is 1.52 bits per heavy atom. The topological polar surface area (TPSA) is 139 Å². The minimum absolute atomic E-state index is 0.0877. The van der Waals surface area contributed by atoms with Crippen LogP contribution in [0.25, 0.3) is 0 Å². The molecule has 2 heterocycles. The summed E-state index contributed by atoms with van der Waals surface area (Å²) >= 11 is 5.96. The standard InChI is InChI=1S/C15H16Br2N4O6/c16-9-3-12(23)20(14(9)25)5-8(27-7-11(22)19-2-1-18)6-21-13(24)4-10(17)15(21)26/h3-4,8H,1-2,5-7,18H2,(H,19,22). The molecule has 27 heavy (non-hydrogen) atoms. The number of halogens is 2. The van der Waals surface area contributed by atoms with E-state index in [1.165, 1.54) is 0 Å². The van der Waals surface area contributed by atoms with Crippen LogP contribution < -0.4 is 11.1 Å². The maximum absolute atomic E-state index is 12.0. The van der Waals surface area contributed by atoms with Gasteiger partial charge in [-0.3, -0.25) is 33.8 Å². The largest absolute Gasteiger partial charge is 0.365 e. The lowest BCUT2D eigenvalue weighted by atomic mass is 10.3. The highest BCUT2D eigenvalue weighted by molar-refractivity contribution is 9.12. The molecule has 2 rings (SSSR count). The molecule has 0 aromatic heterocycles. The summed E-state index contributed by atoms with van der Waals surface area (Å²) in [6, 6.07) is 0. The lowest BCUT2D eigenvalue weighted by Crippen LogP contribution is -2.47. The monoisotopic (exact) mass is 506 g/mol. The fourth-order valence-electron chi connectivity index (χ4n) is 2.33. The first-order valence-corrected chi connectivity index (χ1v) is 9.37. The van der Waals surface area contributed by atoms with Crippen LogP contribution in [-0.4, -0.2) is 78.2 Å². The summed E-state index contributed by atoms with van der Waals surface area (Å²) in [5.41, 5.74) is 5.30. The van der Waals surface area contributed by atoms with Gasteiger partial charge in [-0.15, -0.1) is 0 Å². The number of hydrogen-bond donors (Lipinski definition) is 2. The maximum Gasteiger partial charge on any atom is 0.268 e. The number of carbonyl (C=O) groups excluding carboxylic acids is 5. The summed E-state index contributed by atoms with van der Waals surface area (Å²) in [4.78, 5) is 61.4. The number of ether oxygens (including phenoxy) is 1. The van der Waals surface area contributed by atoms with Crippen molar-refractivity contribution in [3.05, 3.63) is 21.1 Å². The first-order valence-electron chi connectivity index (χ1n) is 7.79. The molecular weight excluding hydrogens is 492 g/mol. The Labute approximate surface area is 171 Å². The lowest BCUT2D eigenvalue weighted by Gasteiger charge is -2.26. The van der Waals surface area contributed by atoms with Crippen LogP contribution >= 0.6 is 31.9 Å².